The summed E-state index contributed by atoms with van der Waals surface area (Å²) in [7, 11) is -3.08. The largest absolute Gasteiger partial charge is 0.458 e. The number of benzene rings is 11. The van der Waals surface area contributed by atoms with Crippen LogP contribution in [0, 0.1) is 6.33 Å². The fraction of sp³-hybridized carbons (Fsp3) is 0.217. The molecular formula is C92H86N4OSi. The van der Waals surface area contributed by atoms with Crippen molar-refractivity contribution in [3.05, 3.63) is 307 Å². The molecule has 0 N–H and O–H groups in total. The van der Waals surface area contributed by atoms with E-state index in [4.69, 9.17) is 9.72 Å². The van der Waals surface area contributed by atoms with E-state index in [1.165, 1.54) is 76.2 Å². The highest BCUT2D eigenvalue weighted by Gasteiger charge is 2.44. The second kappa shape index (κ2) is 23.6. The van der Waals surface area contributed by atoms with Crippen molar-refractivity contribution < 1.29 is 9.30 Å². The monoisotopic (exact) mass is 1290 g/mol. The van der Waals surface area contributed by atoms with Gasteiger partial charge in [-0.1, -0.05) is 276 Å². The van der Waals surface area contributed by atoms with Gasteiger partial charge in [-0.3, -0.25) is 13.7 Å². The minimum Gasteiger partial charge on any atom is -0.458 e. The topological polar surface area (TPSA) is 35.9 Å². The quantitative estimate of drug-likeness (QED) is 0.0529. The molecule has 14 aromatic rings. The number of fused-ring (bicyclic) bond motifs is 6. The van der Waals surface area contributed by atoms with Gasteiger partial charge in [0.05, 0.1) is 33.4 Å². The number of hydrogen-bond acceptors (Lipinski definition) is 2. The summed E-state index contributed by atoms with van der Waals surface area (Å²) >= 11 is 0. The lowest BCUT2D eigenvalue weighted by Gasteiger charge is -2.42. The molecule has 0 spiro atoms. The first-order valence-corrected chi connectivity index (χ1v) is 37.2. The van der Waals surface area contributed by atoms with E-state index in [-0.39, 0.29) is 27.1 Å². The van der Waals surface area contributed by atoms with E-state index >= 15 is 0 Å². The Morgan fingerprint density at radius 3 is 1.52 bits per heavy atom. The molecule has 2 aliphatic rings. The zero-order valence-electron chi connectivity index (χ0n) is 58.5. The van der Waals surface area contributed by atoms with Gasteiger partial charge in [-0.15, -0.1) is 0 Å². The number of aromatic nitrogens is 4. The van der Waals surface area contributed by atoms with Crippen LogP contribution in [0.15, 0.2) is 273 Å². The average molecular weight is 1290 g/mol. The Bertz CT molecular complexity index is 5210. The van der Waals surface area contributed by atoms with Crippen LogP contribution in [-0.4, -0.2) is 22.2 Å². The Morgan fingerprint density at radius 2 is 0.929 bits per heavy atom. The Kier molecular flexibility index (Phi) is 15.1. The molecule has 0 bridgehead atoms. The van der Waals surface area contributed by atoms with E-state index in [1.54, 1.807) is 0 Å². The molecule has 16 rings (SSSR count). The Morgan fingerprint density at radius 1 is 0.418 bits per heavy atom. The van der Waals surface area contributed by atoms with Gasteiger partial charge in [0, 0.05) is 23.0 Å². The molecule has 3 aromatic heterocycles. The van der Waals surface area contributed by atoms with Crippen LogP contribution in [0.4, 0.5) is 0 Å². The summed E-state index contributed by atoms with van der Waals surface area (Å²) in [5.41, 5.74) is 20.2. The zero-order chi connectivity index (χ0) is 67.5. The van der Waals surface area contributed by atoms with E-state index < -0.39 is 8.07 Å². The Balaban J connectivity index is 0.944. The summed E-state index contributed by atoms with van der Waals surface area (Å²) in [6, 6.07) is 100. The number of para-hydroxylation sites is 3. The molecular weight excluding hydrogens is 1210 g/mol. The molecule has 2 aliphatic carbocycles. The fourth-order valence-electron chi connectivity index (χ4n) is 16.6. The summed E-state index contributed by atoms with van der Waals surface area (Å²) in [4.78, 5) is 4.98. The van der Waals surface area contributed by atoms with Crippen molar-refractivity contribution in [2.24, 2.45) is 0 Å². The third kappa shape index (κ3) is 10.6. The molecule has 0 aliphatic heterocycles. The van der Waals surface area contributed by atoms with Gasteiger partial charge in [-0.2, -0.15) is 0 Å². The van der Waals surface area contributed by atoms with Crippen LogP contribution in [0.5, 0.6) is 11.5 Å². The lowest BCUT2D eigenvalue weighted by Crippen LogP contribution is -2.75. The molecule has 0 fully saturated rings. The molecule has 11 aromatic carbocycles. The molecule has 6 heteroatoms. The normalized spacial score (nSPS) is 15.5. The van der Waals surface area contributed by atoms with Crippen molar-refractivity contribution in [3.8, 4) is 62.1 Å². The van der Waals surface area contributed by atoms with Gasteiger partial charge < -0.3 is 4.74 Å². The maximum atomic E-state index is 7.03. The van der Waals surface area contributed by atoms with Crippen molar-refractivity contribution >= 4 is 61.7 Å². The Labute approximate surface area is 579 Å². The number of rotatable bonds is 12. The molecule has 0 amide bonds. The molecule has 0 saturated carbocycles. The van der Waals surface area contributed by atoms with E-state index in [1.807, 2.05) is 6.20 Å². The fourth-order valence-corrected chi connectivity index (χ4v) is 21.6. The second-order valence-electron chi connectivity index (χ2n) is 31.4. The number of nitrogens with zero attached hydrogens (tertiary/aromatic N) is 4. The van der Waals surface area contributed by atoms with E-state index in [0.717, 1.165) is 93.0 Å². The van der Waals surface area contributed by atoms with E-state index in [9.17, 15) is 0 Å². The van der Waals surface area contributed by atoms with Gasteiger partial charge in [0.25, 0.3) is 6.33 Å². The highest BCUT2D eigenvalue weighted by molar-refractivity contribution is 7.20. The standard InChI is InChI=1S/C92H86N4OSi/c1-88(2,3)65-48-53-93-86(58-65)96-81-38-23-21-37-73(81)74-45-44-68(60-84(74)96)97-67-29-27-28-66(59-67)94-61-95(83-40-25-24-39-82(83)94)87-75(62-42-46-77-79(56-62)91(8,9)51-49-89(77,4)5)54-64(55-76(87)63-43-47-78-80(57-63)92(10,11)52-50-90(78,6)7)72-36-22-26-41-85(72)98(69-30-15-12-16-31-69,70-32-17-13-18-33-70)71-34-19-14-20-35-71/h12-48,53-60H,49-52H2,1-11H3. The maximum absolute atomic E-state index is 7.03. The molecule has 0 radical (unpaired) electrons. The Hall–Kier alpha value is -10.1. The first-order valence-electron chi connectivity index (χ1n) is 35.2. The van der Waals surface area contributed by atoms with Crippen LogP contribution >= 0.6 is 0 Å². The minimum absolute atomic E-state index is 0.0270. The van der Waals surface area contributed by atoms with Gasteiger partial charge in [-0.25, -0.2) is 4.98 Å². The molecule has 5 nitrogen and oxygen atoms in total. The predicted molar refractivity (Wildman–Crippen MR) is 411 cm³/mol. The number of pyridine rings is 1. The molecule has 0 unspecified atom stereocenters. The van der Waals surface area contributed by atoms with Crippen molar-refractivity contribution in [3.63, 3.8) is 0 Å². The molecule has 3 heterocycles. The molecule has 484 valence electrons. The van der Waals surface area contributed by atoms with Crippen LogP contribution in [0.1, 0.15) is 130 Å². The SMILES string of the molecule is CC(C)(C)c1ccnc(-n2c3ccccc3c3ccc(Oc4cccc(-n5[c-][n+](-c6c(-c7ccc8c(c7)C(C)(C)CCC8(C)C)cc(-c7ccccc7[Si](c7ccccc7)(c7ccccc7)c7ccccc7)cc6-c6ccc7c(c6)C(C)(C)CCC7(C)C)c6ccccc65)c4)cc32)c1. The van der Waals surface area contributed by atoms with Gasteiger partial charge in [0.2, 0.25) is 0 Å². The lowest BCUT2D eigenvalue weighted by atomic mass is 9.62. The second-order valence-corrected chi connectivity index (χ2v) is 35.2. The van der Waals surface area contributed by atoms with Crippen LogP contribution in [-0.2, 0) is 27.1 Å². The van der Waals surface area contributed by atoms with Gasteiger partial charge in [0.15, 0.2) is 8.07 Å². The van der Waals surface area contributed by atoms with Crippen LogP contribution in [0.2, 0.25) is 0 Å². The summed E-state index contributed by atoms with van der Waals surface area (Å²) in [6.45, 7) is 26.3. The first kappa shape index (κ1) is 62.6. The minimum atomic E-state index is -3.08. The highest BCUT2D eigenvalue weighted by Crippen LogP contribution is 2.51. The third-order valence-corrected chi connectivity index (χ3v) is 27.1. The predicted octanol–water partition coefficient (Wildman–Crippen LogP) is 20.4. The number of hydrogen-bond donors (Lipinski definition) is 0. The van der Waals surface area contributed by atoms with Gasteiger partial charge in [0.1, 0.15) is 17.3 Å². The van der Waals surface area contributed by atoms with Crippen LogP contribution in [0.25, 0.3) is 83.4 Å². The summed E-state index contributed by atoms with van der Waals surface area (Å²) < 4.78 is 13.9. The van der Waals surface area contributed by atoms with Gasteiger partial charge in [-0.05, 0) is 195 Å². The van der Waals surface area contributed by atoms with Crippen LogP contribution < -0.4 is 30.1 Å². The highest BCUT2D eigenvalue weighted by atomic mass is 28.3. The van der Waals surface area contributed by atoms with Crippen LogP contribution in [0.3, 0.4) is 0 Å². The third-order valence-electron chi connectivity index (χ3n) is 22.3. The average Bonchev–Trinajstić information content (AvgIpc) is 0.912. The first-order chi connectivity index (χ1) is 47.2. The summed E-state index contributed by atoms with van der Waals surface area (Å²) in [5.74, 6) is 2.34. The summed E-state index contributed by atoms with van der Waals surface area (Å²) in [6.07, 6.45) is 10.6. The van der Waals surface area contributed by atoms with Crippen molar-refractivity contribution in [1.29, 1.82) is 0 Å². The molecule has 98 heavy (non-hydrogen) atoms. The molecule has 0 atom stereocenters. The van der Waals surface area contributed by atoms with E-state index in [2.05, 4.69) is 363 Å². The lowest BCUT2D eigenvalue weighted by molar-refractivity contribution is -0.571. The zero-order valence-corrected chi connectivity index (χ0v) is 59.5. The van der Waals surface area contributed by atoms with Crippen molar-refractivity contribution in [2.45, 2.75) is 129 Å². The van der Waals surface area contributed by atoms with Crippen molar-refractivity contribution in [2.75, 3.05) is 0 Å². The smallest absolute Gasteiger partial charge is 0.269 e. The molecule has 0 saturated heterocycles. The maximum Gasteiger partial charge on any atom is 0.269 e. The van der Waals surface area contributed by atoms with Gasteiger partial charge >= 0.3 is 0 Å². The number of ether oxygens (including phenoxy) is 1. The van der Waals surface area contributed by atoms with E-state index in [0.29, 0.717) is 0 Å². The number of imidazole rings is 1. The van der Waals surface area contributed by atoms with Crippen molar-refractivity contribution in [1.82, 2.24) is 14.1 Å². The summed E-state index contributed by atoms with van der Waals surface area (Å²) in [5, 5.41) is 7.68.